The monoisotopic (exact) mass is 381 g/mol. The van der Waals surface area contributed by atoms with Crippen molar-refractivity contribution in [2.75, 3.05) is 63.9 Å². The van der Waals surface area contributed by atoms with Gasteiger partial charge in [-0.05, 0) is 24.3 Å². The van der Waals surface area contributed by atoms with Crippen LogP contribution in [-0.2, 0) is 14.6 Å². The first-order valence-electron chi connectivity index (χ1n) is 8.84. The lowest BCUT2D eigenvalue weighted by molar-refractivity contribution is 0.0247. The van der Waals surface area contributed by atoms with Gasteiger partial charge in [0.05, 0.1) is 24.2 Å². The van der Waals surface area contributed by atoms with Gasteiger partial charge in [0.15, 0.2) is 9.84 Å². The van der Waals surface area contributed by atoms with E-state index in [1.54, 1.807) is 12.0 Å². The zero-order chi connectivity index (χ0) is 18.9. The number of hydrogen-bond donors (Lipinski definition) is 0. The Morgan fingerprint density at radius 1 is 1.15 bits per heavy atom. The molecular formula is C18H27N3O4S. The highest BCUT2D eigenvalue weighted by molar-refractivity contribution is 7.91. The predicted molar refractivity (Wildman–Crippen MR) is 101 cm³/mol. The molecular weight excluding hydrogens is 354 g/mol. The van der Waals surface area contributed by atoms with E-state index in [4.69, 9.17) is 4.74 Å². The van der Waals surface area contributed by atoms with Gasteiger partial charge < -0.3 is 14.5 Å². The first kappa shape index (κ1) is 19.1. The molecule has 3 rings (SSSR count). The molecule has 2 unspecified atom stereocenters. The molecule has 1 amide bonds. The van der Waals surface area contributed by atoms with Gasteiger partial charge in [0.2, 0.25) is 0 Å². The van der Waals surface area contributed by atoms with Crippen LogP contribution in [0.15, 0.2) is 24.3 Å². The summed E-state index contributed by atoms with van der Waals surface area (Å²) in [7, 11) is 2.40. The fraction of sp³-hybridized carbons (Fsp3) is 0.611. The van der Waals surface area contributed by atoms with E-state index < -0.39 is 9.84 Å². The number of fused-ring (bicyclic) bond motifs is 1. The van der Waals surface area contributed by atoms with Crippen molar-refractivity contribution in [1.29, 1.82) is 0 Å². The summed E-state index contributed by atoms with van der Waals surface area (Å²) in [6.07, 6.45) is 0. The maximum Gasteiger partial charge on any atom is 0.254 e. The van der Waals surface area contributed by atoms with E-state index in [0.717, 1.165) is 5.69 Å². The van der Waals surface area contributed by atoms with Gasteiger partial charge in [0.25, 0.3) is 5.91 Å². The number of anilines is 1. The number of sulfone groups is 1. The van der Waals surface area contributed by atoms with Gasteiger partial charge in [0.1, 0.15) is 0 Å². The third-order valence-corrected chi connectivity index (χ3v) is 6.96. The Kier molecular flexibility index (Phi) is 5.55. The molecule has 2 aliphatic heterocycles. The fourth-order valence-corrected chi connectivity index (χ4v) is 5.84. The molecule has 8 heteroatoms. The zero-order valence-corrected chi connectivity index (χ0v) is 16.4. The number of methoxy groups -OCH3 is 1. The minimum atomic E-state index is -3.14. The number of carbonyl (C=O) groups excluding carboxylic acids is 1. The van der Waals surface area contributed by atoms with Crippen molar-refractivity contribution in [1.82, 2.24) is 9.80 Å². The highest BCUT2D eigenvalue weighted by Gasteiger charge is 2.47. The molecule has 144 valence electrons. The lowest BCUT2D eigenvalue weighted by Gasteiger charge is -2.43. The third kappa shape index (κ3) is 3.87. The van der Waals surface area contributed by atoms with Crippen LogP contribution in [0.4, 0.5) is 5.69 Å². The van der Waals surface area contributed by atoms with Crippen LogP contribution in [-0.4, -0.2) is 95.2 Å². The maximum absolute atomic E-state index is 13.0. The van der Waals surface area contributed by atoms with Crippen molar-refractivity contribution >= 4 is 21.4 Å². The number of rotatable bonds is 5. The predicted octanol–water partition coefficient (Wildman–Crippen LogP) is 0.322. The molecule has 2 aliphatic rings. The number of hydrogen-bond acceptors (Lipinski definition) is 6. The van der Waals surface area contributed by atoms with E-state index in [1.165, 1.54) is 0 Å². The molecule has 0 N–H and O–H groups in total. The van der Waals surface area contributed by atoms with E-state index >= 15 is 0 Å². The first-order valence-corrected chi connectivity index (χ1v) is 10.7. The Hall–Kier alpha value is -1.64. The Morgan fingerprint density at radius 3 is 2.42 bits per heavy atom. The van der Waals surface area contributed by atoms with Crippen LogP contribution in [0.1, 0.15) is 10.4 Å². The molecule has 0 bridgehead atoms. The highest BCUT2D eigenvalue weighted by atomic mass is 32.2. The minimum Gasteiger partial charge on any atom is -0.383 e. The van der Waals surface area contributed by atoms with E-state index in [0.29, 0.717) is 31.8 Å². The van der Waals surface area contributed by atoms with Crippen molar-refractivity contribution in [2.24, 2.45) is 0 Å². The summed E-state index contributed by atoms with van der Waals surface area (Å²) in [5.41, 5.74) is 1.62. The Bertz CT molecular complexity index is 748. The molecule has 0 saturated carbocycles. The quantitative estimate of drug-likeness (QED) is 0.732. The van der Waals surface area contributed by atoms with Crippen LogP contribution in [0.25, 0.3) is 0 Å². The number of benzene rings is 1. The standard InChI is InChI=1S/C18H27N3O4S/c1-19(2)15-6-4-14(5-7-15)18(22)21-9-8-20(10-11-25-3)16-12-26(23,24)13-17(16)21/h4-7,16-17H,8-13H2,1-3H3. The van der Waals surface area contributed by atoms with Gasteiger partial charge >= 0.3 is 0 Å². The minimum absolute atomic E-state index is 0.0443. The average Bonchev–Trinajstić information content (AvgIpc) is 2.94. The lowest BCUT2D eigenvalue weighted by atomic mass is 10.0. The Balaban J connectivity index is 1.80. The lowest BCUT2D eigenvalue weighted by Crippen LogP contribution is -2.61. The Morgan fingerprint density at radius 2 is 1.81 bits per heavy atom. The van der Waals surface area contributed by atoms with Crippen molar-refractivity contribution in [2.45, 2.75) is 12.1 Å². The SMILES string of the molecule is COCCN1CCN(C(=O)c2ccc(N(C)C)cc2)C2CS(=O)(=O)CC21. The zero-order valence-electron chi connectivity index (χ0n) is 15.6. The molecule has 0 aliphatic carbocycles. The first-order chi connectivity index (χ1) is 12.3. The largest absolute Gasteiger partial charge is 0.383 e. The normalized spacial score (nSPS) is 25.1. The number of piperazine rings is 1. The van der Waals surface area contributed by atoms with E-state index in [1.807, 2.05) is 43.3 Å². The van der Waals surface area contributed by atoms with Crippen LogP contribution < -0.4 is 4.90 Å². The summed E-state index contributed by atoms with van der Waals surface area (Å²) >= 11 is 0. The average molecular weight is 381 g/mol. The molecule has 0 spiro atoms. The fourth-order valence-electron chi connectivity index (χ4n) is 3.83. The molecule has 0 aromatic heterocycles. The summed E-state index contributed by atoms with van der Waals surface area (Å²) in [5, 5.41) is 0. The summed E-state index contributed by atoms with van der Waals surface area (Å²) in [6.45, 7) is 2.45. The highest BCUT2D eigenvalue weighted by Crippen LogP contribution is 2.28. The smallest absolute Gasteiger partial charge is 0.254 e. The molecule has 2 saturated heterocycles. The summed E-state index contributed by atoms with van der Waals surface area (Å²) in [4.78, 5) is 18.9. The molecule has 2 fully saturated rings. The molecule has 0 radical (unpaired) electrons. The summed E-state index contributed by atoms with van der Waals surface area (Å²) < 4.78 is 29.6. The number of nitrogens with zero attached hydrogens (tertiary/aromatic N) is 3. The van der Waals surface area contributed by atoms with Gasteiger partial charge in [0, 0.05) is 58.1 Å². The van der Waals surface area contributed by atoms with Gasteiger partial charge in [-0.25, -0.2) is 8.42 Å². The second-order valence-corrected chi connectivity index (χ2v) is 9.33. The van der Waals surface area contributed by atoms with Crippen molar-refractivity contribution in [3.05, 3.63) is 29.8 Å². The van der Waals surface area contributed by atoms with Crippen LogP contribution in [0.3, 0.4) is 0 Å². The van der Waals surface area contributed by atoms with Crippen LogP contribution in [0.5, 0.6) is 0 Å². The summed E-state index contributed by atoms with van der Waals surface area (Å²) in [6, 6.07) is 7.01. The molecule has 7 nitrogen and oxygen atoms in total. The molecule has 1 aromatic carbocycles. The van der Waals surface area contributed by atoms with Gasteiger partial charge in [-0.15, -0.1) is 0 Å². The van der Waals surface area contributed by atoms with Gasteiger partial charge in [-0.3, -0.25) is 9.69 Å². The van der Waals surface area contributed by atoms with Crippen molar-refractivity contribution in [3.8, 4) is 0 Å². The van der Waals surface area contributed by atoms with Gasteiger partial charge in [-0.1, -0.05) is 0 Å². The van der Waals surface area contributed by atoms with Crippen molar-refractivity contribution < 1.29 is 17.9 Å². The van der Waals surface area contributed by atoms with E-state index in [-0.39, 0.29) is 29.5 Å². The van der Waals surface area contributed by atoms with Crippen molar-refractivity contribution in [3.63, 3.8) is 0 Å². The summed E-state index contributed by atoms with van der Waals surface area (Å²) in [5.74, 6) is 0.0710. The molecule has 2 atom stereocenters. The molecule has 1 aromatic rings. The number of amides is 1. The van der Waals surface area contributed by atoms with Crippen LogP contribution >= 0.6 is 0 Å². The topological polar surface area (TPSA) is 70.2 Å². The number of ether oxygens (including phenoxy) is 1. The van der Waals surface area contributed by atoms with Gasteiger partial charge in [-0.2, -0.15) is 0 Å². The second-order valence-electron chi connectivity index (χ2n) is 7.18. The van der Waals surface area contributed by atoms with E-state index in [9.17, 15) is 13.2 Å². The number of carbonyl (C=O) groups is 1. The third-order valence-electron chi connectivity index (χ3n) is 5.27. The van der Waals surface area contributed by atoms with E-state index in [2.05, 4.69) is 4.90 Å². The maximum atomic E-state index is 13.0. The Labute approximate surface area is 155 Å². The van der Waals surface area contributed by atoms with Crippen LogP contribution in [0.2, 0.25) is 0 Å². The second kappa shape index (κ2) is 7.54. The molecule has 26 heavy (non-hydrogen) atoms. The van der Waals surface area contributed by atoms with Crippen LogP contribution in [0, 0.1) is 0 Å². The molecule has 2 heterocycles.